The lowest BCUT2D eigenvalue weighted by Gasteiger charge is -2.13. The van der Waals surface area contributed by atoms with Gasteiger partial charge in [0.05, 0.1) is 0 Å². The number of esters is 1. The van der Waals surface area contributed by atoms with E-state index >= 15 is 0 Å². The van der Waals surface area contributed by atoms with E-state index in [2.05, 4.69) is 25.3 Å². The third-order valence-electron chi connectivity index (χ3n) is 5.50. The second kappa shape index (κ2) is 16.6. The summed E-state index contributed by atoms with van der Waals surface area (Å²) in [5, 5.41) is 0. The van der Waals surface area contributed by atoms with Gasteiger partial charge in [0, 0.05) is 25.9 Å². The number of carbonyl (C=O) groups is 1. The van der Waals surface area contributed by atoms with Gasteiger partial charge in [-0.15, -0.1) is 0 Å². The number of hydrogen-bond acceptors (Lipinski definition) is 3. The van der Waals surface area contributed by atoms with E-state index < -0.39 is 0 Å². The number of rotatable bonds is 17. The van der Waals surface area contributed by atoms with Crippen molar-refractivity contribution in [2.45, 2.75) is 123 Å². The molecule has 1 aliphatic rings. The Labute approximate surface area is 163 Å². The largest absolute Gasteiger partial charge is 0.461 e. The van der Waals surface area contributed by atoms with E-state index in [4.69, 9.17) is 4.74 Å². The first-order valence-corrected chi connectivity index (χ1v) is 11.5. The van der Waals surface area contributed by atoms with Crippen LogP contribution in [0.2, 0.25) is 0 Å². The third kappa shape index (κ3) is 12.7. The summed E-state index contributed by atoms with van der Waals surface area (Å²) in [6.07, 6.45) is 20.4. The summed E-state index contributed by atoms with van der Waals surface area (Å²) in [7, 11) is 0. The Balaban J connectivity index is 1.77. The zero-order valence-corrected chi connectivity index (χ0v) is 17.6. The lowest BCUT2D eigenvalue weighted by Crippen LogP contribution is -2.23. The molecule has 1 aliphatic heterocycles. The van der Waals surface area contributed by atoms with Gasteiger partial charge in [0.15, 0.2) is 0 Å². The van der Waals surface area contributed by atoms with E-state index in [0.29, 0.717) is 6.42 Å². The maximum absolute atomic E-state index is 11.9. The molecule has 3 heteroatoms. The van der Waals surface area contributed by atoms with E-state index in [9.17, 15) is 4.79 Å². The van der Waals surface area contributed by atoms with Gasteiger partial charge in [-0.1, -0.05) is 97.3 Å². The Bertz CT molecular complexity index is 332. The van der Waals surface area contributed by atoms with Crippen LogP contribution in [0.25, 0.3) is 0 Å². The van der Waals surface area contributed by atoms with Crippen LogP contribution in [0.3, 0.4) is 0 Å². The zero-order chi connectivity index (χ0) is 18.9. The molecule has 0 aromatic rings. The predicted molar refractivity (Wildman–Crippen MR) is 111 cm³/mol. The number of nitrogens with zero attached hydrogens (tertiary/aromatic N) is 1. The van der Waals surface area contributed by atoms with Gasteiger partial charge in [0.2, 0.25) is 0 Å². The SMILES string of the molecule is CCCCCCCCCCCCCCCCC(=O)OC1C[CH]N(CC)C1. The average molecular weight is 367 g/mol. The van der Waals surface area contributed by atoms with Crippen LogP contribution in [-0.4, -0.2) is 30.1 Å². The number of carbonyl (C=O) groups excluding carboxylic acids is 1. The Morgan fingerprint density at radius 3 is 1.81 bits per heavy atom. The number of ether oxygens (including phenoxy) is 1. The molecule has 153 valence electrons. The smallest absolute Gasteiger partial charge is 0.306 e. The van der Waals surface area contributed by atoms with E-state index in [1.54, 1.807) is 0 Å². The van der Waals surface area contributed by atoms with Crippen molar-refractivity contribution >= 4 is 5.97 Å². The molecule has 1 fully saturated rings. The molecule has 0 aliphatic carbocycles. The zero-order valence-electron chi connectivity index (χ0n) is 17.6. The quantitative estimate of drug-likeness (QED) is 0.213. The highest BCUT2D eigenvalue weighted by Gasteiger charge is 2.24. The Kier molecular flexibility index (Phi) is 15.0. The molecule has 0 N–H and O–H groups in total. The monoisotopic (exact) mass is 366 g/mol. The first-order valence-electron chi connectivity index (χ1n) is 11.5. The lowest BCUT2D eigenvalue weighted by molar-refractivity contribution is -0.148. The summed E-state index contributed by atoms with van der Waals surface area (Å²) in [6, 6.07) is 0. The van der Waals surface area contributed by atoms with Gasteiger partial charge in [-0.3, -0.25) is 9.69 Å². The topological polar surface area (TPSA) is 29.5 Å². The van der Waals surface area contributed by atoms with Crippen molar-refractivity contribution in [2.75, 3.05) is 13.1 Å². The fourth-order valence-electron chi connectivity index (χ4n) is 3.73. The molecule has 1 rings (SSSR count). The van der Waals surface area contributed by atoms with Crippen LogP contribution in [-0.2, 0) is 9.53 Å². The number of likely N-dealkylation sites (tertiary alicyclic amines) is 1. The van der Waals surface area contributed by atoms with Crippen molar-refractivity contribution in [1.82, 2.24) is 4.90 Å². The lowest BCUT2D eigenvalue weighted by atomic mass is 10.0. The van der Waals surface area contributed by atoms with Gasteiger partial charge in [0.25, 0.3) is 0 Å². The number of unbranched alkanes of at least 4 members (excludes halogenated alkanes) is 13. The Morgan fingerprint density at radius 2 is 1.35 bits per heavy atom. The Hall–Kier alpha value is -0.570. The highest BCUT2D eigenvalue weighted by Crippen LogP contribution is 2.17. The van der Waals surface area contributed by atoms with Crippen molar-refractivity contribution in [3.05, 3.63) is 6.54 Å². The molecule has 1 unspecified atom stereocenters. The molecule has 0 amide bonds. The van der Waals surface area contributed by atoms with Crippen LogP contribution in [0.15, 0.2) is 0 Å². The molecule has 0 saturated carbocycles. The highest BCUT2D eigenvalue weighted by atomic mass is 16.5. The molecule has 26 heavy (non-hydrogen) atoms. The fraction of sp³-hybridized carbons (Fsp3) is 0.913. The first kappa shape index (κ1) is 23.5. The summed E-state index contributed by atoms with van der Waals surface area (Å²) < 4.78 is 5.54. The standard InChI is InChI=1S/C23H44NO2/c1-3-5-6-7-8-9-10-11-12-13-14-15-16-17-18-23(25)26-22-19-20-24(4-2)21-22/h20,22H,3-19,21H2,1-2H3. The molecular weight excluding hydrogens is 322 g/mol. The summed E-state index contributed by atoms with van der Waals surface area (Å²) in [5.41, 5.74) is 0. The molecule has 0 spiro atoms. The maximum atomic E-state index is 11.9. The highest BCUT2D eigenvalue weighted by molar-refractivity contribution is 5.69. The molecule has 0 bridgehead atoms. The van der Waals surface area contributed by atoms with Crippen LogP contribution in [0.5, 0.6) is 0 Å². The minimum absolute atomic E-state index is 0.000268. The van der Waals surface area contributed by atoms with E-state index in [1.165, 1.54) is 83.5 Å². The number of hydrogen-bond donors (Lipinski definition) is 0. The first-order chi connectivity index (χ1) is 12.8. The molecule has 3 nitrogen and oxygen atoms in total. The molecule has 1 saturated heterocycles. The van der Waals surface area contributed by atoms with E-state index in [0.717, 1.165) is 25.9 Å². The average Bonchev–Trinajstić information content (AvgIpc) is 3.09. The summed E-state index contributed by atoms with van der Waals surface area (Å²) in [5.74, 6) is 0.000268. The van der Waals surface area contributed by atoms with Gasteiger partial charge in [0.1, 0.15) is 6.10 Å². The molecular formula is C23H44NO2. The van der Waals surface area contributed by atoms with Crippen LogP contribution in [0.1, 0.15) is 117 Å². The summed E-state index contributed by atoms with van der Waals surface area (Å²) in [4.78, 5) is 14.1. The van der Waals surface area contributed by atoms with Gasteiger partial charge in [-0.05, 0) is 13.0 Å². The van der Waals surface area contributed by atoms with Crippen molar-refractivity contribution in [1.29, 1.82) is 0 Å². The second-order valence-corrected chi connectivity index (χ2v) is 7.96. The minimum atomic E-state index is 0.000268. The normalized spacial score (nSPS) is 17.7. The number of likely N-dealkylation sites (N-methyl/N-ethyl adjacent to an activating group) is 1. The summed E-state index contributed by atoms with van der Waals surface area (Å²) >= 11 is 0. The van der Waals surface area contributed by atoms with E-state index in [1.807, 2.05) is 0 Å². The van der Waals surface area contributed by atoms with Gasteiger partial charge < -0.3 is 4.74 Å². The van der Waals surface area contributed by atoms with Gasteiger partial charge in [-0.25, -0.2) is 0 Å². The van der Waals surface area contributed by atoms with Crippen molar-refractivity contribution in [3.8, 4) is 0 Å². The van der Waals surface area contributed by atoms with Crippen molar-refractivity contribution in [3.63, 3.8) is 0 Å². The van der Waals surface area contributed by atoms with Crippen LogP contribution < -0.4 is 0 Å². The minimum Gasteiger partial charge on any atom is -0.461 e. The van der Waals surface area contributed by atoms with Crippen LogP contribution >= 0.6 is 0 Å². The molecule has 1 radical (unpaired) electrons. The predicted octanol–water partition coefficient (Wildman–Crippen LogP) is 6.66. The van der Waals surface area contributed by atoms with Crippen LogP contribution in [0.4, 0.5) is 0 Å². The van der Waals surface area contributed by atoms with Gasteiger partial charge in [-0.2, -0.15) is 0 Å². The van der Waals surface area contributed by atoms with Crippen LogP contribution in [0, 0.1) is 6.54 Å². The Morgan fingerprint density at radius 1 is 0.846 bits per heavy atom. The summed E-state index contributed by atoms with van der Waals surface area (Å²) in [6.45, 7) is 8.45. The molecule has 0 aromatic heterocycles. The molecule has 1 atom stereocenters. The van der Waals surface area contributed by atoms with Crippen molar-refractivity contribution < 1.29 is 9.53 Å². The third-order valence-corrected chi connectivity index (χ3v) is 5.50. The maximum Gasteiger partial charge on any atom is 0.306 e. The van der Waals surface area contributed by atoms with Crippen molar-refractivity contribution in [2.24, 2.45) is 0 Å². The van der Waals surface area contributed by atoms with E-state index in [-0.39, 0.29) is 12.1 Å². The molecule has 0 aromatic carbocycles. The van der Waals surface area contributed by atoms with Gasteiger partial charge >= 0.3 is 5.97 Å². The molecule has 1 heterocycles. The second-order valence-electron chi connectivity index (χ2n) is 7.96. The fourth-order valence-corrected chi connectivity index (χ4v) is 3.73.